The first-order valence-electron chi connectivity index (χ1n) is 12.2. The van der Waals surface area contributed by atoms with Gasteiger partial charge in [0.1, 0.15) is 11.8 Å². The van der Waals surface area contributed by atoms with Gasteiger partial charge in [-0.05, 0) is 90.0 Å². The topological polar surface area (TPSA) is 117 Å². The smallest absolute Gasteiger partial charge is 0.335 e. The van der Waals surface area contributed by atoms with Crippen LogP contribution in [-0.2, 0) is 6.42 Å². The number of benzene rings is 4. The van der Waals surface area contributed by atoms with Crippen LogP contribution in [-0.4, -0.2) is 28.3 Å². The first kappa shape index (κ1) is 25.9. The van der Waals surface area contributed by atoms with Crippen LogP contribution in [0.4, 0.5) is 0 Å². The van der Waals surface area contributed by atoms with Gasteiger partial charge in [0, 0.05) is 5.54 Å². The van der Waals surface area contributed by atoms with E-state index in [-0.39, 0.29) is 5.56 Å². The van der Waals surface area contributed by atoms with Crippen molar-refractivity contribution < 1.29 is 19.7 Å². The quantitative estimate of drug-likeness (QED) is 0.251. The Bertz CT molecular complexity index is 1480. The van der Waals surface area contributed by atoms with E-state index in [4.69, 9.17) is 10.5 Å². The largest absolute Gasteiger partial charge is 0.492 e. The fraction of sp³-hybridized carbons (Fsp3) is 0.226. The zero-order valence-electron chi connectivity index (χ0n) is 20.9. The number of carbonyl (C=O) groups is 1. The lowest BCUT2D eigenvalue weighted by Gasteiger charge is -2.28. The molecule has 0 aliphatic rings. The van der Waals surface area contributed by atoms with Crippen LogP contribution in [0.15, 0.2) is 78.9 Å². The molecule has 4 aromatic carbocycles. The molecule has 0 heterocycles. The maximum atomic E-state index is 11.3. The number of nitriles is 1. The normalized spacial score (nSPS) is 12.2. The average Bonchev–Trinajstić information content (AvgIpc) is 2.89. The van der Waals surface area contributed by atoms with Crippen molar-refractivity contribution in [1.29, 1.82) is 5.26 Å². The van der Waals surface area contributed by atoms with Gasteiger partial charge in [-0.2, -0.15) is 5.26 Å². The zero-order valence-corrected chi connectivity index (χ0v) is 20.9. The molecule has 0 unspecified atom stereocenters. The summed E-state index contributed by atoms with van der Waals surface area (Å²) in [5.41, 5.74) is 9.30. The van der Waals surface area contributed by atoms with Crippen molar-refractivity contribution in [3.8, 4) is 22.9 Å². The van der Waals surface area contributed by atoms with E-state index in [0.29, 0.717) is 36.3 Å². The third-order valence-electron chi connectivity index (χ3n) is 6.40. The minimum Gasteiger partial charge on any atom is -0.492 e. The maximum Gasteiger partial charge on any atom is 0.335 e. The van der Waals surface area contributed by atoms with E-state index in [1.165, 1.54) is 6.07 Å². The van der Waals surface area contributed by atoms with Crippen LogP contribution in [0.3, 0.4) is 0 Å². The van der Waals surface area contributed by atoms with Crippen molar-refractivity contribution in [2.45, 2.75) is 38.3 Å². The molecule has 0 aromatic heterocycles. The minimum atomic E-state index is -1.00. The highest BCUT2D eigenvalue weighted by molar-refractivity contribution is 5.89. The van der Waals surface area contributed by atoms with Crippen molar-refractivity contribution in [3.63, 3.8) is 0 Å². The number of hydrogen-bond acceptors (Lipinski definition) is 5. The van der Waals surface area contributed by atoms with Gasteiger partial charge in [-0.15, -0.1) is 0 Å². The summed E-state index contributed by atoms with van der Waals surface area (Å²) in [6.45, 7) is 4.01. The third kappa shape index (κ3) is 5.97. The number of aliphatic hydroxyl groups is 1. The maximum absolute atomic E-state index is 11.3. The molecule has 188 valence electrons. The lowest BCUT2D eigenvalue weighted by Crippen LogP contribution is -2.39. The summed E-state index contributed by atoms with van der Waals surface area (Å²) in [7, 11) is 0. The Labute approximate surface area is 216 Å². The first-order valence-corrected chi connectivity index (χ1v) is 12.2. The highest BCUT2D eigenvalue weighted by Gasteiger charge is 2.26. The van der Waals surface area contributed by atoms with Gasteiger partial charge < -0.3 is 20.7 Å². The number of nitrogens with zero attached hydrogens (tertiary/aromatic N) is 1. The average molecular weight is 495 g/mol. The number of aryl methyl sites for hydroxylation is 1. The molecule has 0 aliphatic heterocycles. The minimum absolute atomic E-state index is 0.188. The van der Waals surface area contributed by atoms with E-state index in [1.807, 2.05) is 56.3 Å². The van der Waals surface area contributed by atoms with E-state index in [0.717, 1.165) is 27.5 Å². The summed E-state index contributed by atoms with van der Waals surface area (Å²) < 4.78 is 5.95. The Balaban J connectivity index is 1.49. The number of rotatable bonds is 9. The standard InChI is InChI=1S/C31H30N2O4/c1-31(2,33)29(34)27-18-22-8-4-3-7-20(22)15-24(27)11-6-14-37-28-13-12-23(17-26(28)19-32)21-9-5-10-25(16-21)30(35)36/h3-5,7-10,12-13,15-18,29,34H,6,11,14,33H2,1-2H3,(H,35,36)/t29-/m1/s1. The molecule has 0 radical (unpaired) electrons. The molecule has 4 rings (SSSR count). The van der Waals surface area contributed by atoms with E-state index >= 15 is 0 Å². The molecule has 6 nitrogen and oxygen atoms in total. The highest BCUT2D eigenvalue weighted by Crippen LogP contribution is 2.31. The molecule has 0 spiro atoms. The number of carboxylic acids is 1. The van der Waals surface area contributed by atoms with Gasteiger partial charge in [-0.3, -0.25) is 0 Å². The molecule has 0 amide bonds. The first-order chi connectivity index (χ1) is 17.7. The van der Waals surface area contributed by atoms with Gasteiger partial charge in [0.05, 0.1) is 23.8 Å². The second kappa shape index (κ2) is 10.8. The second-order valence-electron chi connectivity index (χ2n) is 9.78. The molecule has 1 atom stereocenters. The van der Waals surface area contributed by atoms with Crippen LogP contribution in [0.25, 0.3) is 21.9 Å². The van der Waals surface area contributed by atoms with Crippen molar-refractivity contribution >= 4 is 16.7 Å². The van der Waals surface area contributed by atoms with Crippen LogP contribution < -0.4 is 10.5 Å². The SMILES string of the molecule is CC(C)(N)[C@H](O)c1cc2ccccc2cc1CCCOc1ccc(-c2cccc(C(=O)O)c2)cc1C#N. The van der Waals surface area contributed by atoms with Gasteiger partial charge in [0.2, 0.25) is 0 Å². The van der Waals surface area contributed by atoms with Gasteiger partial charge >= 0.3 is 5.97 Å². The van der Waals surface area contributed by atoms with E-state index < -0.39 is 17.6 Å². The molecule has 6 heteroatoms. The number of fused-ring (bicyclic) bond motifs is 1. The summed E-state index contributed by atoms with van der Waals surface area (Å²) in [6, 6.07) is 26.2. The molecule has 0 bridgehead atoms. The number of ether oxygens (including phenoxy) is 1. The summed E-state index contributed by atoms with van der Waals surface area (Å²) >= 11 is 0. The van der Waals surface area contributed by atoms with Crippen molar-refractivity contribution in [3.05, 3.63) is 101 Å². The number of carboxylic acid groups (broad SMARTS) is 1. The molecule has 0 aliphatic carbocycles. The molecular weight excluding hydrogens is 464 g/mol. The van der Waals surface area contributed by atoms with Crippen molar-refractivity contribution in [1.82, 2.24) is 0 Å². The molecule has 0 saturated carbocycles. The number of aromatic carboxylic acids is 1. The lowest BCUT2D eigenvalue weighted by molar-refractivity contribution is 0.0697. The van der Waals surface area contributed by atoms with E-state index in [2.05, 4.69) is 12.1 Å². The zero-order chi connectivity index (χ0) is 26.6. The summed E-state index contributed by atoms with van der Waals surface area (Å²) in [6.07, 6.45) is 0.538. The van der Waals surface area contributed by atoms with E-state index in [1.54, 1.807) is 24.3 Å². The fourth-order valence-corrected chi connectivity index (χ4v) is 4.38. The molecule has 4 N–H and O–H groups in total. The molecule has 4 aromatic rings. The number of hydrogen-bond donors (Lipinski definition) is 3. The Kier molecular flexibility index (Phi) is 7.58. The van der Waals surface area contributed by atoms with Crippen LogP contribution in [0.1, 0.15) is 53.4 Å². The van der Waals surface area contributed by atoms with E-state index in [9.17, 15) is 20.3 Å². The number of nitrogens with two attached hydrogens (primary N) is 1. The molecular formula is C31H30N2O4. The van der Waals surface area contributed by atoms with Crippen LogP contribution >= 0.6 is 0 Å². The molecule has 0 fully saturated rings. The molecule has 0 saturated heterocycles. The molecule has 37 heavy (non-hydrogen) atoms. The van der Waals surface area contributed by atoms with Crippen molar-refractivity contribution in [2.24, 2.45) is 5.73 Å². The fourth-order valence-electron chi connectivity index (χ4n) is 4.38. The van der Waals surface area contributed by atoms with Crippen LogP contribution in [0, 0.1) is 11.3 Å². The van der Waals surface area contributed by atoms with Crippen molar-refractivity contribution in [2.75, 3.05) is 6.61 Å². The van der Waals surface area contributed by atoms with Gasteiger partial charge in [0.25, 0.3) is 0 Å². The van der Waals surface area contributed by atoms with Gasteiger partial charge in [-0.25, -0.2) is 4.79 Å². The summed E-state index contributed by atoms with van der Waals surface area (Å²) in [5, 5.41) is 32.0. The Hall–Kier alpha value is -4.18. The lowest BCUT2D eigenvalue weighted by atomic mass is 9.86. The summed E-state index contributed by atoms with van der Waals surface area (Å²) in [5.74, 6) is -0.526. The summed E-state index contributed by atoms with van der Waals surface area (Å²) in [4.78, 5) is 11.3. The highest BCUT2D eigenvalue weighted by atomic mass is 16.5. The monoisotopic (exact) mass is 494 g/mol. The van der Waals surface area contributed by atoms with Crippen LogP contribution in [0.5, 0.6) is 5.75 Å². The Morgan fingerprint density at radius 3 is 2.38 bits per heavy atom. The van der Waals surface area contributed by atoms with Crippen LogP contribution in [0.2, 0.25) is 0 Å². The predicted octanol–water partition coefficient (Wildman–Crippen LogP) is 5.86. The second-order valence-corrected chi connectivity index (χ2v) is 9.78. The Morgan fingerprint density at radius 1 is 1.00 bits per heavy atom. The van der Waals surface area contributed by atoms with Gasteiger partial charge in [0.15, 0.2) is 0 Å². The Morgan fingerprint density at radius 2 is 1.70 bits per heavy atom. The third-order valence-corrected chi connectivity index (χ3v) is 6.40. The predicted molar refractivity (Wildman–Crippen MR) is 145 cm³/mol. The number of aliphatic hydroxyl groups excluding tert-OH is 1. The van der Waals surface area contributed by atoms with Gasteiger partial charge in [-0.1, -0.05) is 48.5 Å².